The Hall–Kier alpha value is -0.750. The maximum atomic E-state index is 12.2. The van der Waals surface area contributed by atoms with Crippen LogP contribution in [0, 0.1) is 0 Å². The summed E-state index contributed by atoms with van der Waals surface area (Å²) >= 11 is 1.58. The predicted molar refractivity (Wildman–Crippen MR) is 75.9 cm³/mol. The Morgan fingerprint density at radius 2 is 2.32 bits per heavy atom. The molecule has 0 amide bonds. The van der Waals surface area contributed by atoms with Gasteiger partial charge in [-0.05, 0) is 25.5 Å². The van der Waals surface area contributed by atoms with Crippen molar-refractivity contribution >= 4 is 17.1 Å². The quantitative estimate of drug-likeness (QED) is 0.834. The largest absolute Gasteiger partial charge is 0.394 e. The van der Waals surface area contributed by atoms with Gasteiger partial charge in [-0.2, -0.15) is 0 Å². The number of morpholine rings is 1. The third-order valence-corrected chi connectivity index (χ3v) is 4.53. The van der Waals surface area contributed by atoms with E-state index in [1.165, 1.54) is 4.88 Å². The van der Waals surface area contributed by atoms with E-state index in [9.17, 15) is 9.90 Å². The lowest BCUT2D eigenvalue weighted by atomic mass is 10.2. The maximum Gasteiger partial charge on any atom is 0.186 e. The molecule has 1 aliphatic rings. The third kappa shape index (κ3) is 3.86. The molecule has 0 aliphatic carbocycles. The SMILES string of the molecule is CCc1ccc(C(=O)CN2CC(C)OC(CO)C2)s1. The summed E-state index contributed by atoms with van der Waals surface area (Å²) < 4.78 is 5.57. The number of hydrogen-bond acceptors (Lipinski definition) is 5. The van der Waals surface area contributed by atoms with E-state index in [-0.39, 0.29) is 24.6 Å². The highest BCUT2D eigenvalue weighted by molar-refractivity contribution is 7.14. The number of carbonyl (C=O) groups is 1. The first kappa shape index (κ1) is 14.7. The van der Waals surface area contributed by atoms with Gasteiger partial charge in [0.2, 0.25) is 0 Å². The van der Waals surface area contributed by atoms with Crippen molar-refractivity contribution in [3.63, 3.8) is 0 Å². The Morgan fingerprint density at radius 1 is 1.53 bits per heavy atom. The number of Topliss-reactive ketones (excluding diaryl/α,β-unsaturated/α-hetero) is 1. The molecule has 2 atom stereocenters. The van der Waals surface area contributed by atoms with E-state index in [1.807, 2.05) is 19.1 Å². The van der Waals surface area contributed by atoms with Crippen molar-refractivity contribution in [1.82, 2.24) is 4.90 Å². The summed E-state index contributed by atoms with van der Waals surface area (Å²) in [7, 11) is 0. The first-order valence-corrected chi connectivity index (χ1v) is 7.54. The van der Waals surface area contributed by atoms with Gasteiger partial charge in [-0.3, -0.25) is 9.69 Å². The van der Waals surface area contributed by atoms with Crippen molar-refractivity contribution in [3.05, 3.63) is 21.9 Å². The van der Waals surface area contributed by atoms with Gasteiger partial charge in [-0.25, -0.2) is 0 Å². The summed E-state index contributed by atoms with van der Waals surface area (Å²) in [5.74, 6) is 0.162. The van der Waals surface area contributed by atoms with Crippen LogP contribution in [-0.4, -0.2) is 54.2 Å². The van der Waals surface area contributed by atoms with Crippen molar-refractivity contribution in [2.45, 2.75) is 32.5 Å². The van der Waals surface area contributed by atoms with Crippen LogP contribution in [-0.2, 0) is 11.2 Å². The van der Waals surface area contributed by atoms with Gasteiger partial charge in [-0.15, -0.1) is 11.3 Å². The van der Waals surface area contributed by atoms with Crippen LogP contribution < -0.4 is 0 Å². The van der Waals surface area contributed by atoms with Crippen LogP contribution in [0.2, 0.25) is 0 Å². The zero-order chi connectivity index (χ0) is 13.8. The molecule has 0 bridgehead atoms. The first-order valence-electron chi connectivity index (χ1n) is 6.73. The Morgan fingerprint density at radius 3 is 2.95 bits per heavy atom. The second kappa shape index (κ2) is 6.61. The average molecular weight is 283 g/mol. The number of rotatable bonds is 5. The predicted octanol–water partition coefficient (Wildman–Crippen LogP) is 1.57. The summed E-state index contributed by atoms with van der Waals surface area (Å²) in [5, 5.41) is 9.18. The second-order valence-electron chi connectivity index (χ2n) is 4.99. The number of ketones is 1. The summed E-state index contributed by atoms with van der Waals surface area (Å²) in [6, 6.07) is 3.94. The molecule has 1 fully saturated rings. The molecule has 4 nitrogen and oxygen atoms in total. The molecule has 0 radical (unpaired) electrons. The highest BCUT2D eigenvalue weighted by Gasteiger charge is 2.26. The number of ether oxygens (including phenoxy) is 1. The summed E-state index contributed by atoms with van der Waals surface area (Å²) in [4.78, 5) is 16.4. The van der Waals surface area contributed by atoms with Crippen molar-refractivity contribution in [2.24, 2.45) is 0 Å². The minimum atomic E-state index is -0.175. The number of nitrogens with zero attached hydrogens (tertiary/aromatic N) is 1. The van der Waals surface area contributed by atoms with Crippen LogP contribution in [0.4, 0.5) is 0 Å². The van der Waals surface area contributed by atoms with Crippen LogP contribution in [0.15, 0.2) is 12.1 Å². The van der Waals surface area contributed by atoms with Gasteiger partial charge in [0.25, 0.3) is 0 Å². The lowest BCUT2D eigenvalue weighted by molar-refractivity contribution is -0.0926. The topological polar surface area (TPSA) is 49.8 Å². The van der Waals surface area contributed by atoms with Crippen LogP contribution in [0.25, 0.3) is 0 Å². The second-order valence-corrected chi connectivity index (χ2v) is 6.16. The van der Waals surface area contributed by atoms with Crippen LogP contribution >= 0.6 is 11.3 Å². The summed E-state index contributed by atoms with van der Waals surface area (Å²) in [6.07, 6.45) is 0.860. The van der Waals surface area contributed by atoms with Crippen LogP contribution in [0.5, 0.6) is 0 Å². The molecule has 1 saturated heterocycles. The highest BCUT2D eigenvalue weighted by Crippen LogP contribution is 2.19. The number of aryl methyl sites for hydroxylation is 1. The monoisotopic (exact) mass is 283 g/mol. The third-order valence-electron chi connectivity index (χ3n) is 3.26. The molecule has 2 rings (SSSR count). The molecule has 0 saturated carbocycles. The minimum Gasteiger partial charge on any atom is -0.394 e. The van der Waals surface area contributed by atoms with Crippen molar-refractivity contribution in [1.29, 1.82) is 0 Å². The molecule has 2 unspecified atom stereocenters. The van der Waals surface area contributed by atoms with Crippen LogP contribution in [0.3, 0.4) is 0 Å². The first-order chi connectivity index (χ1) is 9.12. The Labute approximate surface area is 118 Å². The number of aliphatic hydroxyl groups excluding tert-OH is 1. The van der Waals surface area contributed by atoms with E-state index in [0.717, 1.165) is 17.8 Å². The fraction of sp³-hybridized carbons (Fsp3) is 0.643. The molecule has 0 spiro atoms. The molecule has 0 aromatic carbocycles. The van der Waals surface area contributed by atoms with Gasteiger partial charge < -0.3 is 9.84 Å². The van der Waals surface area contributed by atoms with E-state index >= 15 is 0 Å². The smallest absolute Gasteiger partial charge is 0.186 e. The minimum absolute atomic E-state index is 0.00795. The molecular weight excluding hydrogens is 262 g/mol. The number of aliphatic hydroxyl groups is 1. The van der Waals surface area contributed by atoms with Gasteiger partial charge in [0.05, 0.1) is 30.2 Å². The summed E-state index contributed by atoms with van der Waals surface area (Å²) in [6.45, 7) is 5.85. The molecular formula is C14H21NO3S. The number of hydrogen-bond donors (Lipinski definition) is 1. The van der Waals surface area contributed by atoms with Gasteiger partial charge in [0.1, 0.15) is 0 Å². The van der Waals surface area contributed by atoms with E-state index in [4.69, 9.17) is 4.74 Å². The van der Waals surface area contributed by atoms with E-state index in [1.54, 1.807) is 11.3 Å². The molecule has 1 N–H and O–H groups in total. The van der Waals surface area contributed by atoms with Gasteiger partial charge in [0, 0.05) is 18.0 Å². The maximum absolute atomic E-state index is 12.2. The fourth-order valence-electron chi connectivity index (χ4n) is 2.37. The lowest BCUT2D eigenvalue weighted by Gasteiger charge is -2.35. The zero-order valence-corrected chi connectivity index (χ0v) is 12.3. The average Bonchev–Trinajstić information content (AvgIpc) is 2.86. The highest BCUT2D eigenvalue weighted by atomic mass is 32.1. The number of carbonyl (C=O) groups excluding carboxylic acids is 1. The van der Waals surface area contributed by atoms with Gasteiger partial charge in [-0.1, -0.05) is 6.92 Å². The van der Waals surface area contributed by atoms with Crippen LogP contribution in [0.1, 0.15) is 28.4 Å². The standard InChI is InChI=1S/C14H21NO3S/c1-3-12-4-5-14(19-12)13(17)8-15-6-10(2)18-11(7-15)9-16/h4-5,10-11,16H,3,6-9H2,1-2H3. The number of thiophene rings is 1. The Bertz CT molecular complexity index is 432. The van der Waals surface area contributed by atoms with E-state index in [0.29, 0.717) is 13.1 Å². The van der Waals surface area contributed by atoms with Crippen molar-refractivity contribution in [2.75, 3.05) is 26.2 Å². The normalized spacial score (nSPS) is 24.6. The summed E-state index contributed by atoms with van der Waals surface area (Å²) in [5.41, 5.74) is 0. The van der Waals surface area contributed by atoms with Gasteiger partial charge >= 0.3 is 0 Å². The molecule has 19 heavy (non-hydrogen) atoms. The van der Waals surface area contributed by atoms with Gasteiger partial charge in [0.15, 0.2) is 5.78 Å². The van der Waals surface area contributed by atoms with Crippen molar-refractivity contribution in [3.8, 4) is 0 Å². The fourth-order valence-corrected chi connectivity index (χ4v) is 3.25. The van der Waals surface area contributed by atoms with E-state index < -0.39 is 0 Å². The Kier molecular flexibility index (Phi) is 5.10. The zero-order valence-electron chi connectivity index (χ0n) is 11.5. The molecule has 1 aromatic heterocycles. The molecule has 2 heterocycles. The lowest BCUT2D eigenvalue weighted by Crippen LogP contribution is -2.49. The molecule has 5 heteroatoms. The molecule has 1 aliphatic heterocycles. The van der Waals surface area contributed by atoms with E-state index in [2.05, 4.69) is 11.8 Å². The van der Waals surface area contributed by atoms with Crippen molar-refractivity contribution < 1.29 is 14.6 Å². The molecule has 1 aromatic rings. The molecule has 106 valence electrons. The Balaban J connectivity index is 1.94.